The lowest BCUT2D eigenvalue weighted by atomic mass is 10.4. The molecular formula is C8H11F2N5O. The number of nitrogens with one attached hydrogen (secondary N) is 1. The first-order valence-corrected chi connectivity index (χ1v) is 4.37. The van der Waals surface area contributed by atoms with E-state index in [1.165, 1.54) is 19.4 Å². The molecule has 88 valence electrons. The van der Waals surface area contributed by atoms with E-state index in [9.17, 15) is 13.6 Å². The van der Waals surface area contributed by atoms with Gasteiger partial charge in [-0.25, -0.2) is 19.6 Å². The molecule has 0 radical (unpaired) electrons. The Kier molecular flexibility index (Phi) is 4.06. The lowest BCUT2D eigenvalue weighted by molar-refractivity contribution is 0.0615. The van der Waals surface area contributed by atoms with Gasteiger partial charge in [0.05, 0.1) is 18.9 Å². The molecule has 0 saturated heterocycles. The maximum absolute atomic E-state index is 12.0. The monoisotopic (exact) mass is 231 g/mol. The van der Waals surface area contributed by atoms with Crippen LogP contribution in [0.15, 0.2) is 12.4 Å². The molecule has 8 heteroatoms. The first kappa shape index (κ1) is 12.2. The van der Waals surface area contributed by atoms with Crippen LogP contribution in [0.5, 0.6) is 0 Å². The molecule has 0 aliphatic carbocycles. The van der Waals surface area contributed by atoms with Crippen molar-refractivity contribution in [2.24, 2.45) is 5.84 Å². The smallest absolute Gasteiger partial charge is 0.274 e. The largest absolute Gasteiger partial charge is 0.335 e. The van der Waals surface area contributed by atoms with Crippen LogP contribution in [-0.2, 0) is 0 Å². The van der Waals surface area contributed by atoms with Gasteiger partial charge in [0.15, 0.2) is 5.82 Å². The summed E-state index contributed by atoms with van der Waals surface area (Å²) in [6.45, 7) is -0.652. The van der Waals surface area contributed by atoms with Gasteiger partial charge >= 0.3 is 0 Å². The molecule has 0 aromatic carbocycles. The van der Waals surface area contributed by atoms with Gasteiger partial charge in [0.1, 0.15) is 5.69 Å². The lowest BCUT2D eigenvalue weighted by Gasteiger charge is -2.15. The number of carbonyl (C=O) groups is 1. The van der Waals surface area contributed by atoms with E-state index in [1.807, 2.05) is 0 Å². The summed E-state index contributed by atoms with van der Waals surface area (Å²) < 4.78 is 24.1. The van der Waals surface area contributed by atoms with Gasteiger partial charge in [-0.2, -0.15) is 0 Å². The molecule has 1 rings (SSSR count). The molecule has 1 aromatic heterocycles. The number of nitrogens with two attached hydrogens (primary N) is 1. The van der Waals surface area contributed by atoms with Crippen molar-refractivity contribution in [1.82, 2.24) is 14.9 Å². The van der Waals surface area contributed by atoms with Crippen LogP contribution in [-0.4, -0.2) is 40.8 Å². The van der Waals surface area contributed by atoms with Crippen molar-refractivity contribution >= 4 is 11.7 Å². The summed E-state index contributed by atoms with van der Waals surface area (Å²) in [6, 6.07) is 0. The molecule has 1 amide bonds. The van der Waals surface area contributed by atoms with Crippen molar-refractivity contribution in [2.45, 2.75) is 6.43 Å². The standard InChI is InChI=1S/C8H11F2N5O/c1-15(4-6(9)10)8(16)5-2-12-3-7(13-5)14-11/h2-3,6H,4,11H2,1H3,(H,13,14). The lowest BCUT2D eigenvalue weighted by Crippen LogP contribution is -2.32. The van der Waals surface area contributed by atoms with Crippen LogP contribution < -0.4 is 11.3 Å². The molecule has 0 atom stereocenters. The highest BCUT2D eigenvalue weighted by molar-refractivity contribution is 5.92. The van der Waals surface area contributed by atoms with Gasteiger partial charge in [-0.15, -0.1) is 0 Å². The van der Waals surface area contributed by atoms with E-state index in [0.717, 1.165) is 4.90 Å². The normalized spacial score (nSPS) is 10.3. The Morgan fingerprint density at radius 3 is 2.88 bits per heavy atom. The minimum Gasteiger partial charge on any atom is -0.335 e. The number of hydrogen-bond acceptors (Lipinski definition) is 5. The average Bonchev–Trinajstić information content (AvgIpc) is 2.27. The van der Waals surface area contributed by atoms with Crippen LogP contribution in [0.3, 0.4) is 0 Å². The third-order valence-electron chi connectivity index (χ3n) is 1.76. The summed E-state index contributed by atoms with van der Waals surface area (Å²) in [5.41, 5.74) is 2.17. The number of halogens is 2. The second-order valence-electron chi connectivity index (χ2n) is 3.01. The number of rotatable bonds is 4. The van der Waals surface area contributed by atoms with Gasteiger partial charge < -0.3 is 10.3 Å². The van der Waals surface area contributed by atoms with Crippen LogP contribution in [0.4, 0.5) is 14.6 Å². The Morgan fingerprint density at radius 1 is 1.62 bits per heavy atom. The Balaban J connectivity index is 2.79. The zero-order valence-electron chi connectivity index (χ0n) is 8.52. The molecule has 0 unspecified atom stereocenters. The van der Waals surface area contributed by atoms with Gasteiger partial charge in [0.25, 0.3) is 12.3 Å². The number of nitrogens with zero attached hydrogens (tertiary/aromatic N) is 3. The molecule has 16 heavy (non-hydrogen) atoms. The Bertz CT molecular complexity index is 373. The number of alkyl halides is 2. The number of anilines is 1. The molecule has 3 N–H and O–H groups in total. The molecule has 6 nitrogen and oxygen atoms in total. The van der Waals surface area contributed by atoms with Crippen LogP contribution in [0, 0.1) is 0 Å². The summed E-state index contributed by atoms with van der Waals surface area (Å²) in [5.74, 6) is 4.63. The van der Waals surface area contributed by atoms with Crippen LogP contribution in [0.1, 0.15) is 10.5 Å². The third kappa shape index (κ3) is 3.09. The van der Waals surface area contributed by atoms with Gasteiger partial charge in [-0.3, -0.25) is 9.78 Å². The van der Waals surface area contributed by atoms with Crippen molar-refractivity contribution in [2.75, 3.05) is 19.0 Å². The van der Waals surface area contributed by atoms with Gasteiger partial charge in [-0.05, 0) is 0 Å². The maximum atomic E-state index is 12.0. The maximum Gasteiger partial charge on any atom is 0.274 e. The van der Waals surface area contributed by atoms with Gasteiger partial charge in [-0.1, -0.05) is 0 Å². The minimum absolute atomic E-state index is 0.0430. The van der Waals surface area contributed by atoms with Crippen molar-refractivity contribution in [1.29, 1.82) is 0 Å². The summed E-state index contributed by atoms with van der Waals surface area (Å²) in [4.78, 5) is 19.9. The number of carbonyl (C=O) groups excluding carboxylic acids is 1. The number of hydrogen-bond donors (Lipinski definition) is 2. The number of amides is 1. The Morgan fingerprint density at radius 2 is 2.31 bits per heavy atom. The van der Waals surface area contributed by atoms with E-state index >= 15 is 0 Å². The summed E-state index contributed by atoms with van der Waals surface area (Å²) in [6.07, 6.45) is -0.0904. The zero-order valence-corrected chi connectivity index (χ0v) is 8.52. The fraction of sp³-hybridized carbons (Fsp3) is 0.375. The molecule has 0 fully saturated rings. The quantitative estimate of drug-likeness (QED) is 0.567. The molecule has 0 aliphatic rings. The summed E-state index contributed by atoms with van der Waals surface area (Å²) >= 11 is 0. The molecular weight excluding hydrogens is 220 g/mol. The summed E-state index contributed by atoms with van der Waals surface area (Å²) in [5, 5.41) is 0. The topological polar surface area (TPSA) is 84.1 Å². The SMILES string of the molecule is CN(CC(F)F)C(=O)c1cncc(NN)n1. The van der Waals surface area contributed by atoms with Crippen LogP contribution in [0.2, 0.25) is 0 Å². The average molecular weight is 231 g/mol. The molecule has 1 aromatic rings. The zero-order chi connectivity index (χ0) is 12.1. The van der Waals surface area contributed by atoms with E-state index in [1.54, 1.807) is 0 Å². The number of nitrogen functional groups attached to an aromatic ring is 1. The Labute approximate surface area is 90.4 Å². The molecule has 0 spiro atoms. The predicted octanol–water partition coefficient (Wildman–Crippen LogP) is 0.0993. The molecule has 0 saturated carbocycles. The molecule has 1 heterocycles. The van der Waals surface area contributed by atoms with Crippen LogP contribution in [0.25, 0.3) is 0 Å². The van der Waals surface area contributed by atoms with Crippen molar-refractivity contribution in [3.63, 3.8) is 0 Å². The second kappa shape index (κ2) is 5.31. The van der Waals surface area contributed by atoms with E-state index in [-0.39, 0.29) is 11.5 Å². The van der Waals surface area contributed by atoms with E-state index in [4.69, 9.17) is 5.84 Å². The van der Waals surface area contributed by atoms with Crippen molar-refractivity contribution < 1.29 is 13.6 Å². The predicted molar refractivity (Wildman–Crippen MR) is 52.8 cm³/mol. The first-order chi connectivity index (χ1) is 7.54. The fourth-order valence-corrected chi connectivity index (χ4v) is 1.02. The summed E-state index contributed by atoms with van der Waals surface area (Å²) in [7, 11) is 1.26. The van der Waals surface area contributed by atoms with E-state index < -0.39 is 18.9 Å². The number of hydrazine groups is 1. The highest BCUT2D eigenvalue weighted by atomic mass is 19.3. The van der Waals surface area contributed by atoms with Crippen LogP contribution >= 0.6 is 0 Å². The van der Waals surface area contributed by atoms with Gasteiger partial charge in [0.2, 0.25) is 0 Å². The number of aromatic nitrogens is 2. The highest BCUT2D eigenvalue weighted by Crippen LogP contribution is 2.05. The van der Waals surface area contributed by atoms with Gasteiger partial charge in [0, 0.05) is 7.05 Å². The van der Waals surface area contributed by atoms with Crippen molar-refractivity contribution in [3.05, 3.63) is 18.1 Å². The third-order valence-corrected chi connectivity index (χ3v) is 1.76. The van der Waals surface area contributed by atoms with E-state index in [2.05, 4.69) is 15.4 Å². The molecule has 0 bridgehead atoms. The molecule has 0 aliphatic heterocycles. The van der Waals surface area contributed by atoms with Crippen molar-refractivity contribution in [3.8, 4) is 0 Å². The highest BCUT2D eigenvalue weighted by Gasteiger charge is 2.17. The van der Waals surface area contributed by atoms with E-state index in [0.29, 0.717) is 0 Å². The fourth-order valence-electron chi connectivity index (χ4n) is 1.02. The minimum atomic E-state index is -2.59. The second-order valence-corrected chi connectivity index (χ2v) is 3.01. The Hall–Kier alpha value is -1.83. The first-order valence-electron chi connectivity index (χ1n) is 4.37.